The highest BCUT2D eigenvalue weighted by atomic mass is 79.9. The van der Waals surface area contributed by atoms with Crippen molar-refractivity contribution in [3.05, 3.63) is 28.2 Å². The fourth-order valence-electron chi connectivity index (χ4n) is 3.86. The van der Waals surface area contributed by atoms with Crippen LogP contribution in [-0.2, 0) is 4.79 Å². The largest absolute Gasteiger partial charge is 0.493 e. The van der Waals surface area contributed by atoms with Crippen LogP contribution in [-0.4, -0.2) is 42.2 Å². The van der Waals surface area contributed by atoms with E-state index in [0.717, 1.165) is 60.7 Å². The number of likely N-dealkylation sites (tertiary alicyclic amines) is 1. The molecule has 0 bridgehead atoms. The van der Waals surface area contributed by atoms with Gasteiger partial charge in [0.1, 0.15) is 5.75 Å². The molecule has 1 spiro atoms. The van der Waals surface area contributed by atoms with Crippen LogP contribution in [0.1, 0.15) is 31.2 Å². The lowest BCUT2D eigenvalue weighted by atomic mass is 9.90. The molecule has 4 nitrogen and oxygen atoms in total. The molecule has 1 aliphatic carbocycles. The van der Waals surface area contributed by atoms with Gasteiger partial charge in [-0.3, -0.25) is 9.69 Å². The molecular formula is C18H24BrNO3. The van der Waals surface area contributed by atoms with Gasteiger partial charge in [0.05, 0.1) is 13.2 Å². The van der Waals surface area contributed by atoms with Crippen molar-refractivity contribution in [3.8, 4) is 5.75 Å². The van der Waals surface area contributed by atoms with Gasteiger partial charge in [-0.2, -0.15) is 0 Å². The second kappa shape index (κ2) is 6.81. The number of nitrogens with zero attached hydrogens (tertiary/aromatic N) is 1. The average molecular weight is 382 g/mol. The zero-order valence-electron chi connectivity index (χ0n) is 13.6. The number of hydrogen-bond donors (Lipinski definition) is 1. The van der Waals surface area contributed by atoms with Gasteiger partial charge in [0, 0.05) is 10.0 Å². The van der Waals surface area contributed by atoms with E-state index in [9.17, 15) is 4.79 Å². The van der Waals surface area contributed by atoms with Crippen LogP contribution in [0.3, 0.4) is 0 Å². The van der Waals surface area contributed by atoms with E-state index in [1.54, 1.807) is 0 Å². The van der Waals surface area contributed by atoms with Crippen molar-refractivity contribution in [2.75, 3.05) is 26.2 Å². The first-order valence-electron chi connectivity index (χ1n) is 8.32. The van der Waals surface area contributed by atoms with E-state index >= 15 is 0 Å². The molecule has 1 unspecified atom stereocenters. The van der Waals surface area contributed by atoms with Crippen LogP contribution < -0.4 is 4.74 Å². The van der Waals surface area contributed by atoms with Gasteiger partial charge in [-0.15, -0.1) is 0 Å². The highest BCUT2D eigenvalue weighted by Crippen LogP contribution is 2.60. The Morgan fingerprint density at radius 2 is 2.17 bits per heavy atom. The van der Waals surface area contributed by atoms with Gasteiger partial charge in [-0.1, -0.05) is 22.0 Å². The van der Waals surface area contributed by atoms with Gasteiger partial charge in [0.25, 0.3) is 0 Å². The van der Waals surface area contributed by atoms with E-state index in [0.29, 0.717) is 5.41 Å². The Morgan fingerprint density at radius 3 is 2.87 bits per heavy atom. The number of rotatable bonds is 6. The second-order valence-electron chi connectivity index (χ2n) is 6.93. The average Bonchev–Trinajstić information content (AvgIpc) is 3.18. The molecule has 5 heteroatoms. The lowest BCUT2D eigenvalue weighted by Gasteiger charge is -2.31. The highest BCUT2D eigenvalue weighted by molar-refractivity contribution is 9.10. The minimum atomic E-state index is -0.717. The lowest BCUT2D eigenvalue weighted by molar-refractivity contribution is -0.138. The van der Waals surface area contributed by atoms with E-state index < -0.39 is 5.97 Å². The number of carbonyl (C=O) groups is 1. The summed E-state index contributed by atoms with van der Waals surface area (Å²) in [6.45, 7) is 4.87. The molecule has 2 aliphatic rings. The molecule has 1 saturated carbocycles. The molecule has 0 amide bonds. The maximum absolute atomic E-state index is 10.8. The minimum absolute atomic E-state index is 0.187. The fraction of sp³-hybridized carbons (Fsp3) is 0.611. The maximum Gasteiger partial charge on any atom is 0.317 e. The van der Waals surface area contributed by atoms with Crippen LogP contribution in [0.4, 0.5) is 0 Å². The standard InChI is InChI=1S/C18H24BrNO3/c1-13-15(19)3-2-4-16(13)23-10-5-14-11-18(14)6-8-20(9-7-18)12-17(21)22/h2-4,14H,5-12H2,1H3,(H,21,22). The van der Waals surface area contributed by atoms with Crippen molar-refractivity contribution in [3.63, 3.8) is 0 Å². The molecule has 126 valence electrons. The van der Waals surface area contributed by atoms with Gasteiger partial charge < -0.3 is 9.84 Å². The van der Waals surface area contributed by atoms with Crippen LogP contribution in [0.25, 0.3) is 0 Å². The maximum atomic E-state index is 10.8. The summed E-state index contributed by atoms with van der Waals surface area (Å²) in [6.07, 6.45) is 4.67. The van der Waals surface area contributed by atoms with Gasteiger partial charge in [0.2, 0.25) is 0 Å². The summed E-state index contributed by atoms with van der Waals surface area (Å²) in [5.74, 6) is 0.998. The predicted molar refractivity (Wildman–Crippen MR) is 92.8 cm³/mol. The summed E-state index contributed by atoms with van der Waals surface area (Å²) in [5.41, 5.74) is 1.63. The smallest absolute Gasteiger partial charge is 0.317 e. The van der Waals surface area contributed by atoms with Crippen LogP contribution in [0.5, 0.6) is 5.75 Å². The third-order valence-electron chi connectivity index (χ3n) is 5.51. The monoisotopic (exact) mass is 381 g/mol. The van der Waals surface area contributed by atoms with Crippen molar-refractivity contribution in [2.45, 2.75) is 32.6 Å². The van der Waals surface area contributed by atoms with Crippen molar-refractivity contribution in [1.82, 2.24) is 4.90 Å². The third-order valence-corrected chi connectivity index (χ3v) is 6.37. The zero-order valence-corrected chi connectivity index (χ0v) is 15.1. The molecular weight excluding hydrogens is 358 g/mol. The summed E-state index contributed by atoms with van der Waals surface area (Å²) < 4.78 is 7.04. The molecule has 2 fully saturated rings. The first-order valence-corrected chi connectivity index (χ1v) is 9.11. The normalized spacial score (nSPS) is 23.0. The summed E-state index contributed by atoms with van der Waals surface area (Å²) in [5, 5.41) is 8.87. The molecule has 1 N–H and O–H groups in total. The van der Waals surface area contributed by atoms with Crippen molar-refractivity contribution in [1.29, 1.82) is 0 Å². The third kappa shape index (κ3) is 3.89. The molecule has 1 heterocycles. The molecule has 1 aliphatic heterocycles. The van der Waals surface area contributed by atoms with E-state index in [1.165, 1.54) is 6.42 Å². The molecule has 0 radical (unpaired) electrons. The number of halogens is 1. The number of carboxylic acid groups (broad SMARTS) is 1. The molecule has 1 atom stereocenters. The number of ether oxygens (including phenoxy) is 1. The summed E-state index contributed by atoms with van der Waals surface area (Å²) in [6, 6.07) is 6.05. The number of aliphatic carboxylic acids is 1. The lowest BCUT2D eigenvalue weighted by Crippen LogP contribution is -2.38. The number of benzene rings is 1. The van der Waals surface area contributed by atoms with Gasteiger partial charge in [-0.25, -0.2) is 0 Å². The minimum Gasteiger partial charge on any atom is -0.493 e. The van der Waals surface area contributed by atoms with Crippen LogP contribution >= 0.6 is 15.9 Å². The number of carboxylic acids is 1. The summed E-state index contributed by atoms with van der Waals surface area (Å²) >= 11 is 3.53. The Balaban J connectivity index is 1.42. The Labute approximate surface area is 145 Å². The van der Waals surface area contributed by atoms with Crippen LogP contribution in [0, 0.1) is 18.3 Å². The number of piperidine rings is 1. The Kier molecular flexibility index (Phi) is 4.97. The van der Waals surface area contributed by atoms with E-state index in [-0.39, 0.29) is 6.54 Å². The quantitative estimate of drug-likeness (QED) is 0.815. The van der Waals surface area contributed by atoms with Crippen LogP contribution in [0.2, 0.25) is 0 Å². The second-order valence-corrected chi connectivity index (χ2v) is 7.79. The molecule has 1 saturated heterocycles. The fourth-order valence-corrected chi connectivity index (χ4v) is 4.20. The predicted octanol–water partition coefficient (Wildman–Crippen LogP) is 3.71. The highest BCUT2D eigenvalue weighted by Gasteiger charge is 2.54. The van der Waals surface area contributed by atoms with E-state index in [2.05, 4.69) is 27.8 Å². The molecule has 3 rings (SSSR count). The summed E-state index contributed by atoms with van der Waals surface area (Å²) in [7, 11) is 0. The topological polar surface area (TPSA) is 49.8 Å². The first kappa shape index (κ1) is 16.8. The molecule has 1 aromatic carbocycles. The van der Waals surface area contributed by atoms with Gasteiger partial charge in [-0.05, 0) is 69.2 Å². The zero-order chi connectivity index (χ0) is 16.4. The van der Waals surface area contributed by atoms with Crippen molar-refractivity contribution in [2.24, 2.45) is 11.3 Å². The first-order chi connectivity index (χ1) is 11.0. The van der Waals surface area contributed by atoms with Crippen molar-refractivity contribution >= 4 is 21.9 Å². The Hall–Kier alpha value is -1.07. The molecule has 23 heavy (non-hydrogen) atoms. The SMILES string of the molecule is Cc1c(Br)cccc1OCCC1CC12CCN(CC(=O)O)CC2. The summed E-state index contributed by atoms with van der Waals surface area (Å²) in [4.78, 5) is 12.8. The Bertz CT molecular complexity index is 582. The van der Waals surface area contributed by atoms with E-state index in [1.807, 2.05) is 18.2 Å². The molecule has 0 aromatic heterocycles. The van der Waals surface area contributed by atoms with Crippen LogP contribution in [0.15, 0.2) is 22.7 Å². The Morgan fingerprint density at radius 1 is 1.43 bits per heavy atom. The van der Waals surface area contributed by atoms with Gasteiger partial charge >= 0.3 is 5.97 Å². The number of hydrogen-bond acceptors (Lipinski definition) is 3. The van der Waals surface area contributed by atoms with E-state index in [4.69, 9.17) is 9.84 Å². The van der Waals surface area contributed by atoms with Gasteiger partial charge in [0.15, 0.2) is 0 Å². The molecule has 1 aromatic rings. The van der Waals surface area contributed by atoms with Crippen molar-refractivity contribution < 1.29 is 14.6 Å².